The van der Waals surface area contributed by atoms with Crippen LogP contribution in [0.15, 0.2) is 16.7 Å². The van der Waals surface area contributed by atoms with E-state index in [2.05, 4.69) is 20.9 Å². The van der Waals surface area contributed by atoms with Crippen molar-refractivity contribution in [3.8, 4) is 0 Å². The first-order valence-corrected chi connectivity index (χ1v) is 7.23. The van der Waals surface area contributed by atoms with Gasteiger partial charge in [0.15, 0.2) is 0 Å². The second-order valence-electron chi connectivity index (χ2n) is 4.89. The summed E-state index contributed by atoms with van der Waals surface area (Å²) in [6, 6.07) is 3.24. The lowest BCUT2D eigenvalue weighted by molar-refractivity contribution is -0.146. The van der Waals surface area contributed by atoms with E-state index < -0.39 is 38.3 Å². The Labute approximate surface area is 132 Å². The first-order valence-electron chi connectivity index (χ1n) is 6.44. The summed E-state index contributed by atoms with van der Waals surface area (Å²) < 4.78 is 74.3. The van der Waals surface area contributed by atoms with Gasteiger partial charge in [0.25, 0.3) is 0 Å². The zero-order chi connectivity index (χ0) is 17.0. The lowest BCUT2D eigenvalue weighted by atomic mass is 10.2. The fraction of sp³-hybridized carbons (Fsp3) is 0.615. The summed E-state index contributed by atoms with van der Waals surface area (Å²) in [6.45, 7) is 0.703. The molecule has 0 spiro atoms. The Morgan fingerprint density at radius 2 is 1.50 bits per heavy atom. The highest BCUT2D eigenvalue weighted by molar-refractivity contribution is 9.10. The van der Waals surface area contributed by atoms with Gasteiger partial charge in [-0.2, -0.15) is 26.3 Å². The molecule has 0 saturated carbocycles. The SMILES string of the molecule is Cc1nc(Br)ccc1CN(CCC(F)(F)F)CCC(F)(F)F. The highest BCUT2D eigenvalue weighted by atomic mass is 79.9. The van der Waals surface area contributed by atoms with Gasteiger partial charge in [-0.05, 0) is 34.5 Å². The average Bonchev–Trinajstić information content (AvgIpc) is 2.33. The van der Waals surface area contributed by atoms with E-state index in [0.29, 0.717) is 15.9 Å². The van der Waals surface area contributed by atoms with Crippen molar-refractivity contribution < 1.29 is 26.3 Å². The molecule has 0 fully saturated rings. The zero-order valence-corrected chi connectivity index (χ0v) is 13.3. The summed E-state index contributed by atoms with van der Waals surface area (Å²) in [4.78, 5) is 5.24. The van der Waals surface area contributed by atoms with Crippen LogP contribution in [0.1, 0.15) is 24.1 Å². The number of hydrogen-bond donors (Lipinski definition) is 0. The predicted molar refractivity (Wildman–Crippen MR) is 73.3 cm³/mol. The standard InChI is InChI=1S/C13H15BrF6N2/c1-9-10(2-3-11(14)21-9)8-22(6-4-12(15,16)17)7-5-13(18,19)20/h2-3H,4-8H2,1H3. The van der Waals surface area contributed by atoms with Crippen LogP contribution >= 0.6 is 15.9 Å². The van der Waals surface area contributed by atoms with Gasteiger partial charge in [0.2, 0.25) is 0 Å². The van der Waals surface area contributed by atoms with Gasteiger partial charge in [0.1, 0.15) is 4.60 Å². The van der Waals surface area contributed by atoms with E-state index in [1.54, 1.807) is 19.1 Å². The van der Waals surface area contributed by atoms with Gasteiger partial charge in [0.05, 0.1) is 12.8 Å². The Kier molecular flexibility index (Phi) is 6.66. The Morgan fingerprint density at radius 3 is 1.91 bits per heavy atom. The molecule has 0 aromatic carbocycles. The van der Waals surface area contributed by atoms with Crippen LogP contribution in [0.2, 0.25) is 0 Å². The quantitative estimate of drug-likeness (QED) is 0.507. The van der Waals surface area contributed by atoms with Crippen LogP contribution in [0.25, 0.3) is 0 Å². The third kappa shape index (κ3) is 7.98. The summed E-state index contributed by atoms with van der Waals surface area (Å²) in [7, 11) is 0. The molecule has 0 saturated heterocycles. The Bertz CT molecular complexity index is 468. The molecule has 0 atom stereocenters. The number of alkyl halides is 6. The molecule has 1 rings (SSSR count). The van der Waals surface area contributed by atoms with Crippen molar-refractivity contribution >= 4 is 15.9 Å². The normalized spacial score (nSPS) is 13.0. The minimum atomic E-state index is -4.40. The molecule has 0 amide bonds. The van der Waals surface area contributed by atoms with E-state index in [1.807, 2.05) is 0 Å². The van der Waals surface area contributed by atoms with Crippen molar-refractivity contribution in [1.29, 1.82) is 0 Å². The maximum absolute atomic E-state index is 12.3. The summed E-state index contributed by atoms with van der Waals surface area (Å²) >= 11 is 3.15. The molecule has 1 heterocycles. The summed E-state index contributed by atoms with van der Waals surface area (Å²) in [5, 5.41) is 0. The van der Waals surface area contributed by atoms with Crippen LogP contribution in [0.5, 0.6) is 0 Å². The highest BCUT2D eigenvalue weighted by Gasteiger charge is 2.31. The van der Waals surface area contributed by atoms with Crippen molar-refractivity contribution in [3.05, 3.63) is 28.0 Å². The van der Waals surface area contributed by atoms with Crippen LogP contribution < -0.4 is 0 Å². The van der Waals surface area contributed by atoms with Crippen LogP contribution in [0, 0.1) is 6.92 Å². The highest BCUT2D eigenvalue weighted by Crippen LogP contribution is 2.24. The zero-order valence-electron chi connectivity index (χ0n) is 11.7. The topological polar surface area (TPSA) is 16.1 Å². The van der Waals surface area contributed by atoms with Crippen LogP contribution in [0.3, 0.4) is 0 Å². The minimum Gasteiger partial charge on any atom is -0.298 e. The number of nitrogens with zero attached hydrogens (tertiary/aromatic N) is 2. The number of aryl methyl sites for hydroxylation is 1. The molecule has 0 unspecified atom stereocenters. The largest absolute Gasteiger partial charge is 0.390 e. The van der Waals surface area contributed by atoms with E-state index in [9.17, 15) is 26.3 Å². The lowest BCUT2D eigenvalue weighted by Crippen LogP contribution is -2.31. The number of halogens is 7. The number of hydrogen-bond acceptors (Lipinski definition) is 2. The Balaban J connectivity index is 2.75. The van der Waals surface area contributed by atoms with Crippen molar-refractivity contribution in [2.24, 2.45) is 0 Å². The third-order valence-corrected chi connectivity index (χ3v) is 3.42. The molecular formula is C13H15BrF6N2. The molecule has 9 heteroatoms. The van der Waals surface area contributed by atoms with Gasteiger partial charge in [-0.25, -0.2) is 4.98 Å². The van der Waals surface area contributed by atoms with Crippen molar-refractivity contribution in [2.75, 3.05) is 13.1 Å². The molecule has 0 bridgehead atoms. The summed E-state index contributed by atoms with van der Waals surface area (Å²) in [5.74, 6) is 0. The fourth-order valence-electron chi connectivity index (χ4n) is 1.81. The van der Waals surface area contributed by atoms with E-state index in [-0.39, 0.29) is 6.54 Å². The van der Waals surface area contributed by atoms with E-state index in [1.165, 1.54) is 0 Å². The maximum atomic E-state index is 12.3. The molecule has 0 N–H and O–H groups in total. The molecule has 0 aliphatic rings. The first-order chi connectivity index (χ1) is 9.96. The van der Waals surface area contributed by atoms with E-state index >= 15 is 0 Å². The Morgan fingerprint density at radius 1 is 1.00 bits per heavy atom. The molecular weight excluding hydrogens is 378 g/mol. The summed E-state index contributed by atoms with van der Waals surface area (Å²) in [6.07, 6.45) is -11.1. The van der Waals surface area contributed by atoms with Gasteiger partial charge in [0, 0.05) is 25.3 Å². The molecule has 22 heavy (non-hydrogen) atoms. The minimum absolute atomic E-state index is 0.00171. The number of rotatable bonds is 6. The van der Waals surface area contributed by atoms with Gasteiger partial charge < -0.3 is 0 Å². The fourth-order valence-corrected chi connectivity index (χ4v) is 2.21. The molecule has 0 radical (unpaired) electrons. The lowest BCUT2D eigenvalue weighted by Gasteiger charge is -2.24. The molecule has 2 nitrogen and oxygen atoms in total. The molecule has 0 aliphatic heterocycles. The van der Waals surface area contributed by atoms with E-state index in [0.717, 1.165) is 4.90 Å². The van der Waals surface area contributed by atoms with Gasteiger partial charge >= 0.3 is 12.4 Å². The molecule has 1 aromatic rings. The van der Waals surface area contributed by atoms with Crippen molar-refractivity contribution in [2.45, 2.75) is 38.7 Å². The van der Waals surface area contributed by atoms with E-state index in [4.69, 9.17) is 0 Å². The second kappa shape index (κ2) is 7.63. The molecule has 0 aliphatic carbocycles. The van der Waals surface area contributed by atoms with Crippen molar-refractivity contribution in [1.82, 2.24) is 9.88 Å². The first kappa shape index (κ1) is 19.2. The molecule has 126 valence electrons. The smallest absolute Gasteiger partial charge is 0.298 e. The van der Waals surface area contributed by atoms with Gasteiger partial charge in [-0.15, -0.1) is 0 Å². The van der Waals surface area contributed by atoms with Crippen LogP contribution in [0.4, 0.5) is 26.3 Å². The third-order valence-electron chi connectivity index (χ3n) is 2.98. The maximum Gasteiger partial charge on any atom is 0.390 e. The second-order valence-corrected chi connectivity index (χ2v) is 5.70. The number of aromatic nitrogens is 1. The monoisotopic (exact) mass is 392 g/mol. The average molecular weight is 393 g/mol. The molecule has 1 aromatic heterocycles. The van der Waals surface area contributed by atoms with Crippen LogP contribution in [-0.4, -0.2) is 35.3 Å². The van der Waals surface area contributed by atoms with Crippen molar-refractivity contribution in [3.63, 3.8) is 0 Å². The van der Waals surface area contributed by atoms with Crippen LogP contribution in [-0.2, 0) is 6.54 Å². The predicted octanol–water partition coefficient (Wildman–Crippen LogP) is 4.86. The van der Waals surface area contributed by atoms with Gasteiger partial charge in [-0.1, -0.05) is 6.07 Å². The Hall–Kier alpha value is -0.830. The van der Waals surface area contributed by atoms with Gasteiger partial charge in [-0.3, -0.25) is 4.90 Å². The number of pyridine rings is 1. The summed E-state index contributed by atoms with van der Waals surface area (Å²) in [5.41, 5.74) is 1.17.